The van der Waals surface area contributed by atoms with Crippen LogP contribution < -0.4 is 11.2 Å². The van der Waals surface area contributed by atoms with Crippen LogP contribution in [0, 0.1) is 6.92 Å². The van der Waals surface area contributed by atoms with Gasteiger partial charge < -0.3 is 10.3 Å². The Kier molecular flexibility index (Phi) is 3.22. The molecule has 0 aliphatic heterocycles. The predicted octanol–water partition coefficient (Wildman–Crippen LogP) is 2.36. The Balaban J connectivity index is 2.21. The van der Waals surface area contributed by atoms with Gasteiger partial charge in [0.05, 0.1) is 11.4 Å². The molecule has 4 nitrogen and oxygen atoms in total. The van der Waals surface area contributed by atoms with Crippen molar-refractivity contribution < 1.29 is 0 Å². The number of aryl methyl sites for hydroxylation is 3. The van der Waals surface area contributed by atoms with Gasteiger partial charge in [0, 0.05) is 18.0 Å². The SMILES string of the molecule is Cc1ccc2c(c1)c1c(n2C)/C(=N\NC(N)=S)CCC1. The second-order valence-electron chi connectivity index (χ2n) is 5.29. The molecule has 20 heavy (non-hydrogen) atoms. The molecular formula is C15H18N4S. The molecule has 1 aliphatic rings. The molecule has 1 aromatic carbocycles. The van der Waals surface area contributed by atoms with Gasteiger partial charge in [0.15, 0.2) is 5.11 Å². The second kappa shape index (κ2) is 4.90. The molecule has 3 N–H and O–H groups in total. The van der Waals surface area contributed by atoms with E-state index in [9.17, 15) is 0 Å². The molecule has 0 atom stereocenters. The number of rotatable bonds is 1. The predicted molar refractivity (Wildman–Crippen MR) is 87.1 cm³/mol. The van der Waals surface area contributed by atoms with Gasteiger partial charge in [0.1, 0.15) is 0 Å². The van der Waals surface area contributed by atoms with Crippen molar-refractivity contribution >= 4 is 33.9 Å². The van der Waals surface area contributed by atoms with Crippen molar-refractivity contribution in [3.05, 3.63) is 35.0 Å². The van der Waals surface area contributed by atoms with Crippen LogP contribution in [-0.4, -0.2) is 15.4 Å². The topological polar surface area (TPSA) is 55.3 Å². The number of nitrogens with zero attached hydrogens (tertiary/aromatic N) is 2. The van der Waals surface area contributed by atoms with Crippen molar-refractivity contribution in [3.8, 4) is 0 Å². The number of benzene rings is 1. The van der Waals surface area contributed by atoms with Gasteiger partial charge in [-0.05, 0) is 56.1 Å². The van der Waals surface area contributed by atoms with E-state index in [4.69, 9.17) is 18.0 Å². The standard InChI is InChI=1S/C15H18N4S/c1-9-6-7-13-11(8-9)10-4-3-5-12(14(10)19(13)2)17-18-15(16)20/h6-8H,3-5H2,1-2H3,(H3,16,18,20)/b17-12-. The fourth-order valence-electron chi connectivity index (χ4n) is 3.04. The lowest BCUT2D eigenvalue weighted by Gasteiger charge is -2.16. The second-order valence-corrected chi connectivity index (χ2v) is 5.73. The molecule has 1 heterocycles. The number of aromatic nitrogens is 1. The molecule has 2 aromatic rings. The summed E-state index contributed by atoms with van der Waals surface area (Å²) in [4.78, 5) is 0. The average Bonchev–Trinajstić information content (AvgIpc) is 2.70. The molecule has 0 spiro atoms. The van der Waals surface area contributed by atoms with Crippen molar-refractivity contribution in [2.75, 3.05) is 0 Å². The first kappa shape index (κ1) is 13.1. The Labute approximate surface area is 123 Å². The zero-order valence-electron chi connectivity index (χ0n) is 11.7. The fraction of sp³-hybridized carbons (Fsp3) is 0.333. The van der Waals surface area contributed by atoms with Crippen LogP contribution >= 0.6 is 12.2 Å². The molecule has 0 saturated carbocycles. The first-order valence-electron chi connectivity index (χ1n) is 6.78. The van der Waals surface area contributed by atoms with Crippen molar-refractivity contribution in [2.24, 2.45) is 17.9 Å². The van der Waals surface area contributed by atoms with E-state index in [1.807, 2.05) is 0 Å². The van der Waals surface area contributed by atoms with Crippen LogP contribution in [0.1, 0.15) is 29.7 Å². The van der Waals surface area contributed by atoms with E-state index in [1.165, 1.54) is 27.7 Å². The minimum atomic E-state index is 0.208. The third-order valence-electron chi connectivity index (χ3n) is 3.87. The Bertz CT molecular complexity index is 727. The molecule has 0 unspecified atom stereocenters. The lowest BCUT2D eigenvalue weighted by Crippen LogP contribution is -2.27. The highest BCUT2D eigenvalue weighted by molar-refractivity contribution is 7.80. The van der Waals surface area contributed by atoms with Crippen LogP contribution in [0.3, 0.4) is 0 Å². The number of hydrogen-bond donors (Lipinski definition) is 2. The summed E-state index contributed by atoms with van der Waals surface area (Å²) in [6.07, 6.45) is 3.16. The summed E-state index contributed by atoms with van der Waals surface area (Å²) in [5, 5.41) is 5.93. The summed E-state index contributed by atoms with van der Waals surface area (Å²) < 4.78 is 2.23. The number of thiocarbonyl (C=S) groups is 1. The number of nitrogens with two attached hydrogens (primary N) is 1. The number of fused-ring (bicyclic) bond motifs is 3. The van der Waals surface area contributed by atoms with E-state index >= 15 is 0 Å². The number of hydrogen-bond acceptors (Lipinski definition) is 2. The van der Waals surface area contributed by atoms with E-state index in [0.717, 1.165) is 25.0 Å². The van der Waals surface area contributed by atoms with Crippen molar-refractivity contribution in [1.29, 1.82) is 0 Å². The van der Waals surface area contributed by atoms with Crippen LogP contribution in [0.2, 0.25) is 0 Å². The summed E-state index contributed by atoms with van der Waals surface area (Å²) in [5.74, 6) is 0. The lowest BCUT2D eigenvalue weighted by atomic mass is 9.93. The Morgan fingerprint density at radius 2 is 2.20 bits per heavy atom. The van der Waals surface area contributed by atoms with Gasteiger partial charge in [-0.3, -0.25) is 5.43 Å². The van der Waals surface area contributed by atoms with Gasteiger partial charge >= 0.3 is 0 Å². The van der Waals surface area contributed by atoms with Gasteiger partial charge in [0.2, 0.25) is 0 Å². The van der Waals surface area contributed by atoms with Crippen LogP contribution in [0.25, 0.3) is 10.9 Å². The number of nitrogens with one attached hydrogen (secondary N) is 1. The third kappa shape index (κ3) is 2.08. The van der Waals surface area contributed by atoms with Gasteiger partial charge in [-0.2, -0.15) is 5.10 Å². The van der Waals surface area contributed by atoms with E-state index in [2.05, 4.69) is 47.3 Å². The zero-order chi connectivity index (χ0) is 14.3. The van der Waals surface area contributed by atoms with E-state index in [-0.39, 0.29) is 5.11 Å². The van der Waals surface area contributed by atoms with Crippen molar-refractivity contribution in [3.63, 3.8) is 0 Å². The molecule has 104 valence electrons. The summed E-state index contributed by atoms with van der Waals surface area (Å²) in [7, 11) is 2.10. The minimum Gasteiger partial charge on any atom is -0.375 e. The summed E-state index contributed by atoms with van der Waals surface area (Å²) in [5.41, 5.74) is 14.4. The molecule has 5 heteroatoms. The minimum absolute atomic E-state index is 0.208. The lowest BCUT2D eigenvalue weighted by molar-refractivity contribution is 0.804. The van der Waals surface area contributed by atoms with Crippen LogP contribution in [-0.2, 0) is 13.5 Å². The van der Waals surface area contributed by atoms with Crippen LogP contribution in [0.15, 0.2) is 23.3 Å². The van der Waals surface area contributed by atoms with Gasteiger partial charge in [-0.25, -0.2) is 0 Å². The molecule has 0 radical (unpaired) electrons. The summed E-state index contributed by atoms with van der Waals surface area (Å²) >= 11 is 4.83. The third-order valence-corrected chi connectivity index (χ3v) is 3.97. The fourth-order valence-corrected chi connectivity index (χ4v) is 3.08. The molecule has 0 amide bonds. The molecule has 1 aliphatic carbocycles. The molecule has 0 fully saturated rings. The Morgan fingerprint density at radius 1 is 1.40 bits per heavy atom. The van der Waals surface area contributed by atoms with Crippen LogP contribution in [0.5, 0.6) is 0 Å². The molecule has 1 aromatic heterocycles. The van der Waals surface area contributed by atoms with Gasteiger partial charge in [-0.15, -0.1) is 0 Å². The largest absolute Gasteiger partial charge is 0.375 e. The highest BCUT2D eigenvalue weighted by Gasteiger charge is 2.23. The molecular weight excluding hydrogens is 268 g/mol. The molecule has 3 rings (SSSR count). The maximum absolute atomic E-state index is 5.47. The summed E-state index contributed by atoms with van der Waals surface area (Å²) in [6.45, 7) is 2.13. The van der Waals surface area contributed by atoms with E-state index in [1.54, 1.807) is 0 Å². The smallest absolute Gasteiger partial charge is 0.184 e. The normalized spacial score (nSPS) is 16.4. The monoisotopic (exact) mass is 286 g/mol. The van der Waals surface area contributed by atoms with Crippen molar-refractivity contribution in [2.45, 2.75) is 26.2 Å². The maximum atomic E-state index is 5.47. The molecule has 0 bridgehead atoms. The Morgan fingerprint density at radius 3 is 2.95 bits per heavy atom. The van der Waals surface area contributed by atoms with Gasteiger partial charge in [0.25, 0.3) is 0 Å². The Hall–Kier alpha value is -1.88. The molecule has 0 saturated heterocycles. The maximum Gasteiger partial charge on any atom is 0.184 e. The van der Waals surface area contributed by atoms with E-state index in [0.29, 0.717) is 0 Å². The highest BCUT2D eigenvalue weighted by atomic mass is 32.1. The average molecular weight is 286 g/mol. The highest BCUT2D eigenvalue weighted by Crippen LogP contribution is 2.32. The van der Waals surface area contributed by atoms with Crippen LogP contribution in [0.4, 0.5) is 0 Å². The summed E-state index contributed by atoms with van der Waals surface area (Å²) in [6, 6.07) is 6.59. The van der Waals surface area contributed by atoms with Gasteiger partial charge in [-0.1, -0.05) is 11.6 Å². The number of hydrazone groups is 1. The first-order chi connectivity index (χ1) is 9.58. The zero-order valence-corrected chi connectivity index (χ0v) is 12.5. The quantitative estimate of drug-likeness (QED) is 0.625. The first-order valence-corrected chi connectivity index (χ1v) is 7.19. The van der Waals surface area contributed by atoms with E-state index < -0.39 is 0 Å². The van der Waals surface area contributed by atoms with Crippen molar-refractivity contribution in [1.82, 2.24) is 9.99 Å².